The van der Waals surface area contributed by atoms with Gasteiger partial charge in [0.2, 0.25) is 0 Å². The van der Waals surface area contributed by atoms with Gasteiger partial charge in [0.25, 0.3) is 5.56 Å². The average molecular weight is 279 g/mol. The molecule has 0 aliphatic carbocycles. The van der Waals surface area contributed by atoms with E-state index in [9.17, 15) is 14.7 Å². The summed E-state index contributed by atoms with van der Waals surface area (Å²) in [4.78, 5) is 27.9. The Morgan fingerprint density at radius 2 is 2.30 bits per heavy atom. The quantitative estimate of drug-likeness (QED) is 0.348. The standard InChI is InChI=1S/C11H13N5O4/c1-6-4-16(11(19)13-10(6)18)9-3-2-7(14-15-12)8(5-17)20-9/h2-4,7-9,17H,5H2,1H3,(H,13,18,19)/t7?,8-,9-/m1/s1. The second-order valence-electron chi connectivity index (χ2n) is 4.31. The summed E-state index contributed by atoms with van der Waals surface area (Å²) in [5.74, 6) is 0. The summed E-state index contributed by atoms with van der Waals surface area (Å²) in [7, 11) is 0. The first kappa shape index (κ1) is 14.1. The van der Waals surface area contributed by atoms with Crippen LogP contribution in [-0.2, 0) is 4.74 Å². The van der Waals surface area contributed by atoms with Crippen molar-refractivity contribution in [1.29, 1.82) is 0 Å². The van der Waals surface area contributed by atoms with Gasteiger partial charge in [0.15, 0.2) is 6.23 Å². The van der Waals surface area contributed by atoms with Crippen LogP contribution in [0.5, 0.6) is 0 Å². The van der Waals surface area contributed by atoms with Crippen molar-refractivity contribution in [2.24, 2.45) is 5.11 Å². The van der Waals surface area contributed by atoms with Crippen LogP contribution < -0.4 is 11.2 Å². The molecule has 1 aromatic rings. The third kappa shape index (κ3) is 2.64. The number of ether oxygens (including phenoxy) is 1. The van der Waals surface area contributed by atoms with Gasteiger partial charge in [-0.05, 0) is 18.5 Å². The van der Waals surface area contributed by atoms with Gasteiger partial charge in [-0.1, -0.05) is 11.2 Å². The van der Waals surface area contributed by atoms with Gasteiger partial charge in [-0.25, -0.2) is 4.79 Å². The molecule has 9 nitrogen and oxygen atoms in total. The van der Waals surface area contributed by atoms with Crippen molar-refractivity contribution in [2.75, 3.05) is 6.61 Å². The molecule has 106 valence electrons. The van der Waals surface area contributed by atoms with Crippen molar-refractivity contribution in [3.05, 3.63) is 55.2 Å². The molecule has 1 aliphatic heterocycles. The maximum Gasteiger partial charge on any atom is 0.330 e. The van der Waals surface area contributed by atoms with Crippen molar-refractivity contribution < 1.29 is 9.84 Å². The van der Waals surface area contributed by atoms with Crippen molar-refractivity contribution in [3.8, 4) is 0 Å². The average Bonchev–Trinajstić information content (AvgIpc) is 2.44. The Labute approximate surface area is 112 Å². The summed E-state index contributed by atoms with van der Waals surface area (Å²) < 4.78 is 6.70. The zero-order valence-corrected chi connectivity index (χ0v) is 10.6. The van der Waals surface area contributed by atoms with E-state index in [-0.39, 0.29) is 6.61 Å². The third-order valence-electron chi connectivity index (χ3n) is 2.95. The van der Waals surface area contributed by atoms with E-state index in [1.54, 1.807) is 13.0 Å². The highest BCUT2D eigenvalue weighted by atomic mass is 16.5. The molecule has 0 saturated heterocycles. The van der Waals surface area contributed by atoms with Crippen molar-refractivity contribution in [2.45, 2.75) is 25.3 Å². The van der Waals surface area contributed by atoms with Gasteiger partial charge < -0.3 is 9.84 Å². The normalized spacial score (nSPS) is 25.2. The fourth-order valence-corrected chi connectivity index (χ4v) is 1.89. The third-order valence-corrected chi connectivity index (χ3v) is 2.95. The fourth-order valence-electron chi connectivity index (χ4n) is 1.89. The minimum Gasteiger partial charge on any atom is -0.394 e. The SMILES string of the molecule is Cc1cn([C@H]2C=CC(N=[N+]=[N-])[C@@H](CO)O2)c(=O)[nH]c1=O. The lowest BCUT2D eigenvalue weighted by atomic mass is 10.1. The number of nitrogens with one attached hydrogen (secondary N) is 1. The largest absolute Gasteiger partial charge is 0.394 e. The first-order valence-electron chi connectivity index (χ1n) is 5.87. The van der Waals surface area contributed by atoms with Crippen LogP contribution in [0.3, 0.4) is 0 Å². The zero-order chi connectivity index (χ0) is 14.7. The van der Waals surface area contributed by atoms with Crippen LogP contribution in [0, 0.1) is 6.92 Å². The Kier molecular flexibility index (Phi) is 4.04. The predicted octanol–water partition coefficient (Wildman–Crippen LogP) is -0.0302. The number of aliphatic hydroxyl groups excluding tert-OH is 1. The molecule has 1 unspecified atom stereocenters. The van der Waals surface area contributed by atoms with Crippen LogP contribution in [0.25, 0.3) is 10.4 Å². The van der Waals surface area contributed by atoms with E-state index in [1.165, 1.54) is 16.8 Å². The van der Waals surface area contributed by atoms with Gasteiger partial charge >= 0.3 is 5.69 Å². The zero-order valence-electron chi connectivity index (χ0n) is 10.6. The molecule has 1 aliphatic rings. The van der Waals surface area contributed by atoms with Crippen LogP contribution in [0.2, 0.25) is 0 Å². The smallest absolute Gasteiger partial charge is 0.330 e. The number of aromatic amines is 1. The van der Waals surface area contributed by atoms with E-state index in [4.69, 9.17) is 10.3 Å². The second-order valence-corrected chi connectivity index (χ2v) is 4.31. The Morgan fingerprint density at radius 3 is 2.95 bits per heavy atom. The van der Waals surface area contributed by atoms with Gasteiger partial charge in [0, 0.05) is 16.7 Å². The molecule has 0 bridgehead atoms. The predicted molar refractivity (Wildman–Crippen MR) is 69.1 cm³/mol. The summed E-state index contributed by atoms with van der Waals surface area (Å²) in [5, 5.41) is 12.7. The summed E-state index contributed by atoms with van der Waals surface area (Å²) in [6.07, 6.45) is 2.94. The van der Waals surface area contributed by atoms with Gasteiger partial charge in [0.05, 0.1) is 18.8 Å². The van der Waals surface area contributed by atoms with Crippen LogP contribution >= 0.6 is 0 Å². The molecule has 20 heavy (non-hydrogen) atoms. The van der Waals surface area contributed by atoms with Gasteiger partial charge in [-0.15, -0.1) is 0 Å². The Morgan fingerprint density at radius 1 is 1.55 bits per heavy atom. The van der Waals surface area contributed by atoms with Crippen LogP contribution in [-0.4, -0.2) is 33.4 Å². The van der Waals surface area contributed by atoms with Crippen LogP contribution in [0.1, 0.15) is 11.8 Å². The molecule has 0 fully saturated rings. The number of aryl methyl sites for hydroxylation is 1. The number of aliphatic hydroxyl groups is 1. The minimum absolute atomic E-state index is 0.360. The summed E-state index contributed by atoms with van der Waals surface area (Å²) >= 11 is 0. The molecular formula is C11H13N5O4. The summed E-state index contributed by atoms with van der Waals surface area (Å²) in [6.45, 7) is 1.20. The number of azide groups is 1. The van der Waals surface area contributed by atoms with Crippen molar-refractivity contribution in [1.82, 2.24) is 9.55 Å². The molecule has 2 rings (SSSR count). The molecule has 9 heteroatoms. The number of aromatic nitrogens is 2. The van der Waals surface area contributed by atoms with Crippen LogP contribution in [0.4, 0.5) is 0 Å². The van der Waals surface area contributed by atoms with Gasteiger partial charge in [0.1, 0.15) is 0 Å². The molecule has 2 heterocycles. The highest BCUT2D eigenvalue weighted by Crippen LogP contribution is 2.21. The first-order valence-corrected chi connectivity index (χ1v) is 5.87. The van der Waals surface area contributed by atoms with Crippen molar-refractivity contribution >= 4 is 0 Å². The Bertz CT molecular complexity index is 685. The molecule has 1 aromatic heterocycles. The molecule has 0 spiro atoms. The van der Waals surface area contributed by atoms with Gasteiger partial charge in [-0.2, -0.15) is 0 Å². The van der Waals surface area contributed by atoms with E-state index in [1.807, 2.05) is 0 Å². The van der Waals surface area contributed by atoms with E-state index in [0.29, 0.717) is 5.56 Å². The number of nitrogens with zero attached hydrogens (tertiary/aromatic N) is 4. The fraction of sp³-hybridized carbons (Fsp3) is 0.455. The van der Waals surface area contributed by atoms with Crippen LogP contribution in [0.15, 0.2) is 33.1 Å². The molecule has 0 aromatic carbocycles. The molecule has 2 N–H and O–H groups in total. The topological polar surface area (TPSA) is 133 Å². The summed E-state index contributed by atoms with van der Waals surface area (Å²) in [5.41, 5.74) is 7.70. The van der Waals surface area contributed by atoms with E-state index in [0.717, 1.165) is 0 Å². The van der Waals surface area contributed by atoms with E-state index in [2.05, 4.69) is 15.0 Å². The highest BCUT2D eigenvalue weighted by Gasteiger charge is 2.27. The van der Waals surface area contributed by atoms with Crippen molar-refractivity contribution in [3.63, 3.8) is 0 Å². The summed E-state index contributed by atoms with van der Waals surface area (Å²) in [6, 6.07) is -0.638. The van der Waals surface area contributed by atoms with E-state index >= 15 is 0 Å². The molecule has 0 radical (unpaired) electrons. The number of rotatable bonds is 3. The molecular weight excluding hydrogens is 266 g/mol. The lowest BCUT2D eigenvalue weighted by Gasteiger charge is -2.29. The maximum atomic E-state index is 11.7. The number of hydrogen-bond donors (Lipinski definition) is 2. The van der Waals surface area contributed by atoms with E-state index < -0.39 is 29.6 Å². The molecule has 3 atom stereocenters. The Balaban J connectivity index is 2.38. The lowest BCUT2D eigenvalue weighted by molar-refractivity contribution is -0.0655. The molecule has 0 amide bonds. The lowest BCUT2D eigenvalue weighted by Crippen LogP contribution is -2.40. The monoisotopic (exact) mass is 279 g/mol. The highest BCUT2D eigenvalue weighted by molar-refractivity contribution is 5.08. The second kappa shape index (κ2) is 5.74. The number of H-pyrrole nitrogens is 1. The first-order chi connectivity index (χ1) is 9.56. The maximum absolute atomic E-state index is 11.7. The Hall–Kier alpha value is -2.35. The molecule has 0 saturated carbocycles. The van der Waals surface area contributed by atoms with Gasteiger partial charge in [-0.3, -0.25) is 14.3 Å². The minimum atomic E-state index is -0.777. The number of hydrogen-bond acceptors (Lipinski definition) is 5.